The standard InChI is InChI=1S/C12H15N3O2/c13-11(16)12(17)15-7-6-14-8-10(15)9-4-2-1-3-5-9/h1-5,10,14H,6-8H2,(H2,13,16)/t10-/m1/s1. The molecule has 17 heavy (non-hydrogen) atoms. The predicted molar refractivity (Wildman–Crippen MR) is 63.0 cm³/mol. The van der Waals surface area contributed by atoms with E-state index in [9.17, 15) is 9.59 Å². The van der Waals surface area contributed by atoms with E-state index in [1.54, 1.807) is 0 Å². The molecule has 1 saturated heterocycles. The number of benzene rings is 1. The molecule has 0 aliphatic carbocycles. The molecule has 5 nitrogen and oxygen atoms in total. The maximum atomic E-state index is 11.7. The van der Waals surface area contributed by atoms with Crippen molar-refractivity contribution in [2.24, 2.45) is 5.73 Å². The normalized spacial score (nSPS) is 20.0. The number of nitrogens with zero attached hydrogens (tertiary/aromatic N) is 1. The Morgan fingerprint density at radius 3 is 2.65 bits per heavy atom. The molecule has 1 heterocycles. The molecule has 1 aromatic rings. The molecule has 2 rings (SSSR count). The van der Waals surface area contributed by atoms with Gasteiger partial charge in [0.1, 0.15) is 0 Å². The van der Waals surface area contributed by atoms with Crippen molar-refractivity contribution in [1.29, 1.82) is 0 Å². The fraction of sp³-hybridized carbons (Fsp3) is 0.333. The van der Waals surface area contributed by atoms with Crippen molar-refractivity contribution in [1.82, 2.24) is 10.2 Å². The van der Waals surface area contributed by atoms with E-state index in [1.165, 1.54) is 4.90 Å². The molecule has 2 amide bonds. The summed E-state index contributed by atoms with van der Waals surface area (Å²) in [7, 11) is 0. The second-order valence-electron chi connectivity index (χ2n) is 3.99. The van der Waals surface area contributed by atoms with Gasteiger partial charge < -0.3 is 16.0 Å². The van der Waals surface area contributed by atoms with Crippen LogP contribution in [0.2, 0.25) is 0 Å². The maximum absolute atomic E-state index is 11.7. The molecule has 0 radical (unpaired) electrons. The third-order valence-electron chi connectivity index (χ3n) is 2.90. The summed E-state index contributed by atoms with van der Waals surface area (Å²) in [4.78, 5) is 24.2. The van der Waals surface area contributed by atoms with Crippen LogP contribution >= 0.6 is 0 Å². The Balaban J connectivity index is 2.24. The Morgan fingerprint density at radius 1 is 1.29 bits per heavy atom. The van der Waals surface area contributed by atoms with Crippen LogP contribution in [-0.4, -0.2) is 36.3 Å². The van der Waals surface area contributed by atoms with E-state index in [1.807, 2.05) is 30.3 Å². The van der Waals surface area contributed by atoms with Crippen LogP contribution in [0.4, 0.5) is 0 Å². The number of nitrogens with one attached hydrogen (secondary N) is 1. The molecule has 90 valence electrons. The number of amides is 2. The van der Waals surface area contributed by atoms with Crippen LogP contribution in [0.1, 0.15) is 11.6 Å². The molecule has 3 N–H and O–H groups in total. The molecule has 1 fully saturated rings. The van der Waals surface area contributed by atoms with Gasteiger partial charge in [-0.3, -0.25) is 9.59 Å². The maximum Gasteiger partial charge on any atom is 0.312 e. The van der Waals surface area contributed by atoms with Gasteiger partial charge in [-0.05, 0) is 5.56 Å². The van der Waals surface area contributed by atoms with Crippen molar-refractivity contribution in [3.05, 3.63) is 35.9 Å². The third-order valence-corrected chi connectivity index (χ3v) is 2.90. The van der Waals surface area contributed by atoms with Crippen molar-refractivity contribution in [3.8, 4) is 0 Å². The highest BCUT2D eigenvalue weighted by Gasteiger charge is 2.30. The first-order valence-corrected chi connectivity index (χ1v) is 5.56. The first-order valence-electron chi connectivity index (χ1n) is 5.56. The van der Waals surface area contributed by atoms with Gasteiger partial charge in [0.05, 0.1) is 6.04 Å². The van der Waals surface area contributed by atoms with E-state index in [2.05, 4.69) is 5.32 Å². The number of hydrogen-bond donors (Lipinski definition) is 2. The quantitative estimate of drug-likeness (QED) is 0.651. The van der Waals surface area contributed by atoms with Gasteiger partial charge in [0, 0.05) is 19.6 Å². The van der Waals surface area contributed by atoms with E-state index in [4.69, 9.17) is 5.73 Å². The van der Waals surface area contributed by atoms with Crippen LogP contribution in [0.25, 0.3) is 0 Å². The first-order chi connectivity index (χ1) is 8.20. The van der Waals surface area contributed by atoms with Crippen LogP contribution < -0.4 is 11.1 Å². The van der Waals surface area contributed by atoms with Crippen LogP contribution in [0.3, 0.4) is 0 Å². The zero-order valence-electron chi connectivity index (χ0n) is 9.43. The summed E-state index contributed by atoms with van der Waals surface area (Å²) in [5.74, 6) is -1.51. The number of rotatable bonds is 1. The van der Waals surface area contributed by atoms with Gasteiger partial charge in [0.2, 0.25) is 0 Å². The third kappa shape index (κ3) is 2.45. The lowest BCUT2D eigenvalue weighted by atomic mass is 10.0. The number of nitrogens with two attached hydrogens (primary N) is 1. The molecule has 1 atom stereocenters. The fourth-order valence-electron chi connectivity index (χ4n) is 2.06. The average molecular weight is 233 g/mol. The molecule has 1 aromatic carbocycles. The molecular formula is C12H15N3O2. The Morgan fingerprint density at radius 2 is 2.00 bits per heavy atom. The Labute approximate surface area is 99.6 Å². The lowest BCUT2D eigenvalue weighted by Crippen LogP contribution is -2.52. The lowest BCUT2D eigenvalue weighted by Gasteiger charge is -2.35. The van der Waals surface area contributed by atoms with E-state index in [0.29, 0.717) is 19.6 Å². The topological polar surface area (TPSA) is 75.4 Å². The second kappa shape index (κ2) is 4.97. The van der Waals surface area contributed by atoms with E-state index >= 15 is 0 Å². The summed E-state index contributed by atoms with van der Waals surface area (Å²) in [6, 6.07) is 9.51. The molecular weight excluding hydrogens is 218 g/mol. The summed E-state index contributed by atoms with van der Waals surface area (Å²) in [5, 5.41) is 3.21. The molecule has 0 unspecified atom stereocenters. The minimum atomic E-state index is -0.896. The summed E-state index contributed by atoms with van der Waals surface area (Å²) in [6.07, 6.45) is 0. The SMILES string of the molecule is NC(=O)C(=O)N1CCNC[C@@H]1c1ccccc1. The zero-order chi connectivity index (χ0) is 12.3. The highest BCUT2D eigenvalue weighted by molar-refractivity contribution is 6.34. The molecule has 5 heteroatoms. The van der Waals surface area contributed by atoms with E-state index in [-0.39, 0.29) is 6.04 Å². The molecule has 0 bridgehead atoms. The largest absolute Gasteiger partial charge is 0.361 e. The summed E-state index contributed by atoms with van der Waals surface area (Å²) in [5.41, 5.74) is 6.07. The van der Waals surface area contributed by atoms with Crippen molar-refractivity contribution in [3.63, 3.8) is 0 Å². The smallest absolute Gasteiger partial charge is 0.312 e. The van der Waals surface area contributed by atoms with Crippen molar-refractivity contribution < 1.29 is 9.59 Å². The van der Waals surface area contributed by atoms with Crippen LogP contribution in [-0.2, 0) is 9.59 Å². The number of carbonyl (C=O) groups is 2. The van der Waals surface area contributed by atoms with Crippen molar-refractivity contribution in [2.45, 2.75) is 6.04 Å². The number of primary amides is 1. The Bertz CT molecular complexity index is 419. The monoisotopic (exact) mass is 233 g/mol. The summed E-state index contributed by atoms with van der Waals surface area (Å²) < 4.78 is 0. The molecule has 0 aromatic heterocycles. The average Bonchev–Trinajstić information content (AvgIpc) is 2.39. The molecule has 1 aliphatic heterocycles. The second-order valence-corrected chi connectivity index (χ2v) is 3.99. The van der Waals surface area contributed by atoms with Crippen LogP contribution in [0.5, 0.6) is 0 Å². The lowest BCUT2D eigenvalue weighted by molar-refractivity contribution is -0.146. The van der Waals surface area contributed by atoms with Gasteiger partial charge in [-0.1, -0.05) is 30.3 Å². The van der Waals surface area contributed by atoms with Crippen molar-refractivity contribution >= 4 is 11.8 Å². The highest BCUT2D eigenvalue weighted by atomic mass is 16.2. The van der Waals surface area contributed by atoms with Gasteiger partial charge in [-0.2, -0.15) is 0 Å². The molecule has 0 saturated carbocycles. The number of hydrogen-bond acceptors (Lipinski definition) is 3. The van der Waals surface area contributed by atoms with Gasteiger partial charge in [0.25, 0.3) is 0 Å². The van der Waals surface area contributed by atoms with Crippen LogP contribution in [0.15, 0.2) is 30.3 Å². The van der Waals surface area contributed by atoms with Gasteiger partial charge >= 0.3 is 11.8 Å². The van der Waals surface area contributed by atoms with E-state index in [0.717, 1.165) is 5.56 Å². The summed E-state index contributed by atoms with van der Waals surface area (Å²) >= 11 is 0. The minimum absolute atomic E-state index is 0.120. The van der Waals surface area contributed by atoms with E-state index < -0.39 is 11.8 Å². The minimum Gasteiger partial charge on any atom is -0.361 e. The number of piperazine rings is 1. The Kier molecular flexibility index (Phi) is 3.39. The first kappa shape index (κ1) is 11.6. The Hall–Kier alpha value is -1.88. The highest BCUT2D eigenvalue weighted by Crippen LogP contribution is 2.21. The van der Waals surface area contributed by atoms with Gasteiger partial charge in [-0.25, -0.2) is 0 Å². The van der Waals surface area contributed by atoms with Crippen LogP contribution in [0, 0.1) is 0 Å². The van der Waals surface area contributed by atoms with Gasteiger partial charge in [0.15, 0.2) is 0 Å². The van der Waals surface area contributed by atoms with Gasteiger partial charge in [-0.15, -0.1) is 0 Å². The predicted octanol–water partition coefficient (Wildman–Crippen LogP) is -0.355. The molecule has 1 aliphatic rings. The number of carbonyl (C=O) groups excluding carboxylic acids is 2. The molecule has 0 spiro atoms. The van der Waals surface area contributed by atoms with Crippen molar-refractivity contribution in [2.75, 3.05) is 19.6 Å². The zero-order valence-corrected chi connectivity index (χ0v) is 9.43. The summed E-state index contributed by atoms with van der Waals surface area (Å²) in [6.45, 7) is 1.83. The fourth-order valence-corrected chi connectivity index (χ4v) is 2.06.